The lowest BCUT2D eigenvalue weighted by Gasteiger charge is -2.20. The standard InChI is InChI=1S/C12H14Cl2O/c1-6(2)12-8-5-10(14)9(13)3-7(8)4-11(12)15/h3,5-6,11-12,15H,4H2,1-2H3/t11-,12-/m1/s1. The molecule has 0 saturated heterocycles. The van der Waals surface area contributed by atoms with E-state index < -0.39 is 0 Å². The molecule has 0 fully saturated rings. The van der Waals surface area contributed by atoms with Gasteiger partial charge in [-0.2, -0.15) is 0 Å². The number of halogens is 2. The Morgan fingerprint density at radius 1 is 1.27 bits per heavy atom. The van der Waals surface area contributed by atoms with Crippen molar-refractivity contribution in [1.29, 1.82) is 0 Å². The molecule has 1 aromatic carbocycles. The SMILES string of the molecule is CC(C)[C@@H]1c2cc(Cl)c(Cl)cc2C[C@H]1O. The fourth-order valence-corrected chi connectivity index (χ4v) is 2.81. The molecule has 2 rings (SSSR count). The van der Waals surface area contributed by atoms with E-state index in [1.54, 1.807) is 0 Å². The van der Waals surface area contributed by atoms with Crippen LogP contribution >= 0.6 is 23.2 Å². The molecule has 1 N–H and O–H groups in total. The number of aliphatic hydroxyl groups excluding tert-OH is 1. The molecule has 15 heavy (non-hydrogen) atoms. The van der Waals surface area contributed by atoms with Crippen molar-refractivity contribution in [1.82, 2.24) is 0 Å². The minimum atomic E-state index is -0.297. The van der Waals surface area contributed by atoms with E-state index in [2.05, 4.69) is 13.8 Å². The van der Waals surface area contributed by atoms with Gasteiger partial charge in [0.2, 0.25) is 0 Å². The van der Waals surface area contributed by atoms with Gasteiger partial charge in [0.15, 0.2) is 0 Å². The van der Waals surface area contributed by atoms with Crippen molar-refractivity contribution in [2.45, 2.75) is 32.3 Å². The van der Waals surface area contributed by atoms with E-state index in [1.165, 1.54) is 0 Å². The lowest BCUT2D eigenvalue weighted by atomic mass is 9.89. The van der Waals surface area contributed by atoms with Crippen LogP contribution in [-0.4, -0.2) is 11.2 Å². The molecule has 1 aromatic rings. The summed E-state index contributed by atoms with van der Waals surface area (Å²) >= 11 is 12.0. The summed E-state index contributed by atoms with van der Waals surface area (Å²) in [4.78, 5) is 0. The Balaban J connectivity index is 2.49. The summed E-state index contributed by atoms with van der Waals surface area (Å²) < 4.78 is 0. The monoisotopic (exact) mass is 244 g/mol. The molecule has 2 atom stereocenters. The number of hydrogen-bond donors (Lipinski definition) is 1. The average Bonchev–Trinajstić information content (AvgIpc) is 2.41. The molecule has 1 aliphatic rings. The quantitative estimate of drug-likeness (QED) is 0.800. The summed E-state index contributed by atoms with van der Waals surface area (Å²) in [5.74, 6) is 0.605. The van der Waals surface area contributed by atoms with Crippen LogP contribution in [0.15, 0.2) is 12.1 Å². The largest absolute Gasteiger partial charge is 0.392 e. The minimum Gasteiger partial charge on any atom is -0.392 e. The lowest BCUT2D eigenvalue weighted by molar-refractivity contribution is 0.136. The number of fused-ring (bicyclic) bond motifs is 1. The Kier molecular flexibility index (Phi) is 2.98. The Morgan fingerprint density at radius 3 is 2.47 bits per heavy atom. The molecule has 1 nitrogen and oxygen atoms in total. The van der Waals surface area contributed by atoms with Gasteiger partial charge in [0.25, 0.3) is 0 Å². The first-order valence-electron chi connectivity index (χ1n) is 5.16. The van der Waals surface area contributed by atoms with Gasteiger partial charge in [0.05, 0.1) is 16.1 Å². The predicted molar refractivity (Wildman–Crippen MR) is 63.8 cm³/mol. The van der Waals surface area contributed by atoms with Gasteiger partial charge < -0.3 is 5.11 Å². The Morgan fingerprint density at radius 2 is 1.87 bits per heavy atom. The van der Waals surface area contributed by atoms with E-state index in [1.807, 2.05) is 12.1 Å². The fourth-order valence-electron chi connectivity index (χ4n) is 2.45. The molecule has 0 unspecified atom stereocenters. The average molecular weight is 245 g/mol. The van der Waals surface area contributed by atoms with Crippen LogP contribution in [0, 0.1) is 5.92 Å². The van der Waals surface area contributed by atoms with Crippen LogP contribution in [0.4, 0.5) is 0 Å². The highest BCUT2D eigenvalue weighted by Gasteiger charge is 2.33. The van der Waals surface area contributed by atoms with Crippen LogP contribution in [0.1, 0.15) is 30.9 Å². The Labute approximate surface area is 100 Å². The highest BCUT2D eigenvalue weighted by atomic mass is 35.5. The molecule has 0 aromatic heterocycles. The molecule has 0 spiro atoms. The first-order chi connectivity index (χ1) is 7.00. The summed E-state index contributed by atoms with van der Waals surface area (Å²) in [6.07, 6.45) is 0.393. The zero-order valence-corrected chi connectivity index (χ0v) is 10.3. The summed E-state index contributed by atoms with van der Waals surface area (Å²) in [7, 11) is 0. The Hall–Kier alpha value is -0.240. The van der Waals surface area contributed by atoms with Gasteiger partial charge in [-0.3, -0.25) is 0 Å². The predicted octanol–water partition coefficient (Wildman–Crippen LogP) is 3.65. The molecule has 0 aliphatic heterocycles. The zero-order valence-electron chi connectivity index (χ0n) is 8.80. The molecule has 0 bridgehead atoms. The number of aliphatic hydroxyl groups is 1. The van der Waals surface area contributed by atoms with Crippen LogP contribution in [-0.2, 0) is 6.42 Å². The zero-order chi connectivity index (χ0) is 11.2. The second-order valence-electron chi connectivity index (χ2n) is 4.51. The summed E-state index contributed by atoms with van der Waals surface area (Å²) in [6, 6.07) is 3.78. The second kappa shape index (κ2) is 3.97. The van der Waals surface area contributed by atoms with E-state index in [9.17, 15) is 5.11 Å². The molecule has 0 heterocycles. The van der Waals surface area contributed by atoms with Crippen molar-refractivity contribution in [3.63, 3.8) is 0 Å². The van der Waals surface area contributed by atoms with E-state index in [4.69, 9.17) is 23.2 Å². The molecule has 1 aliphatic carbocycles. The number of hydrogen-bond acceptors (Lipinski definition) is 1. The van der Waals surface area contributed by atoms with Gasteiger partial charge in [-0.25, -0.2) is 0 Å². The topological polar surface area (TPSA) is 20.2 Å². The smallest absolute Gasteiger partial charge is 0.0651 e. The van der Waals surface area contributed by atoms with Gasteiger partial charge in [-0.15, -0.1) is 0 Å². The first kappa shape index (κ1) is 11.3. The lowest BCUT2D eigenvalue weighted by Crippen LogP contribution is -2.18. The highest BCUT2D eigenvalue weighted by molar-refractivity contribution is 6.42. The van der Waals surface area contributed by atoms with Crippen molar-refractivity contribution in [2.75, 3.05) is 0 Å². The van der Waals surface area contributed by atoms with E-state index in [0.717, 1.165) is 11.1 Å². The molecule has 0 amide bonds. The molecular weight excluding hydrogens is 231 g/mol. The first-order valence-corrected chi connectivity index (χ1v) is 5.92. The van der Waals surface area contributed by atoms with Crippen LogP contribution < -0.4 is 0 Å². The third-order valence-electron chi connectivity index (χ3n) is 3.10. The molecule has 0 saturated carbocycles. The van der Waals surface area contributed by atoms with E-state index in [0.29, 0.717) is 22.4 Å². The van der Waals surface area contributed by atoms with Crippen LogP contribution in [0.5, 0.6) is 0 Å². The molecule has 82 valence electrons. The van der Waals surface area contributed by atoms with Crippen molar-refractivity contribution in [3.8, 4) is 0 Å². The van der Waals surface area contributed by atoms with Crippen LogP contribution in [0.25, 0.3) is 0 Å². The summed E-state index contributed by atoms with van der Waals surface area (Å²) in [5.41, 5.74) is 2.29. The van der Waals surface area contributed by atoms with E-state index >= 15 is 0 Å². The normalized spacial score (nSPS) is 24.7. The van der Waals surface area contributed by atoms with Gasteiger partial charge in [-0.1, -0.05) is 37.0 Å². The Bertz CT molecular complexity index is 387. The van der Waals surface area contributed by atoms with Crippen molar-refractivity contribution >= 4 is 23.2 Å². The maximum Gasteiger partial charge on any atom is 0.0651 e. The maximum atomic E-state index is 9.98. The van der Waals surface area contributed by atoms with Crippen molar-refractivity contribution < 1.29 is 5.11 Å². The van der Waals surface area contributed by atoms with Crippen molar-refractivity contribution in [3.05, 3.63) is 33.3 Å². The number of rotatable bonds is 1. The maximum absolute atomic E-state index is 9.98. The molecule has 3 heteroatoms. The van der Waals surface area contributed by atoms with Gasteiger partial charge in [0, 0.05) is 5.92 Å². The summed E-state index contributed by atoms with van der Waals surface area (Å²) in [5, 5.41) is 11.1. The molecular formula is C12H14Cl2O. The van der Waals surface area contributed by atoms with Gasteiger partial charge in [0.1, 0.15) is 0 Å². The van der Waals surface area contributed by atoms with Gasteiger partial charge >= 0.3 is 0 Å². The van der Waals surface area contributed by atoms with E-state index in [-0.39, 0.29) is 12.0 Å². The van der Waals surface area contributed by atoms with Gasteiger partial charge in [-0.05, 0) is 35.6 Å². The third kappa shape index (κ3) is 1.89. The fraction of sp³-hybridized carbons (Fsp3) is 0.500. The highest BCUT2D eigenvalue weighted by Crippen LogP contribution is 2.41. The van der Waals surface area contributed by atoms with Crippen molar-refractivity contribution in [2.24, 2.45) is 5.92 Å². The summed E-state index contributed by atoms with van der Waals surface area (Å²) in [6.45, 7) is 4.23. The van der Waals surface area contributed by atoms with Crippen LogP contribution in [0.2, 0.25) is 10.0 Å². The molecule has 0 radical (unpaired) electrons. The van der Waals surface area contributed by atoms with Crippen LogP contribution in [0.3, 0.4) is 0 Å². The second-order valence-corrected chi connectivity index (χ2v) is 5.32. The third-order valence-corrected chi connectivity index (χ3v) is 3.83. The minimum absolute atomic E-state index is 0.190. The number of benzene rings is 1.